The van der Waals surface area contributed by atoms with Crippen LogP contribution in [0.25, 0.3) is 0 Å². The summed E-state index contributed by atoms with van der Waals surface area (Å²) in [7, 11) is 1.49. The zero-order chi connectivity index (χ0) is 40.0. The predicted octanol–water partition coefficient (Wildman–Crippen LogP) is 3.11. The van der Waals surface area contributed by atoms with Crippen LogP contribution < -0.4 is 26.6 Å². The number of nitrogens with one attached hydrogen (secondary N) is 5. The second kappa shape index (κ2) is 18.0. The Morgan fingerprint density at radius 2 is 1.61 bits per heavy atom. The van der Waals surface area contributed by atoms with Crippen molar-refractivity contribution < 1.29 is 38.2 Å². The number of alkyl carbamates (subject to hydrolysis) is 1. The van der Waals surface area contributed by atoms with Gasteiger partial charge in [-0.25, -0.2) is 9.59 Å². The first kappa shape index (κ1) is 42.5. The molecule has 0 radical (unpaired) electrons. The number of likely N-dealkylation sites (tertiary alicyclic amines) is 1. The molecule has 2 aliphatic carbocycles. The number of unbranched alkanes of at least 4 members (excludes halogenated alkanes) is 1. The van der Waals surface area contributed by atoms with Gasteiger partial charge in [0, 0.05) is 26.2 Å². The highest BCUT2D eigenvalue weighted by Gasteiger charge is 2.69. The molecule has 4 rings (SSSR count). The molecular formula is C40H62N6O8. The van der Waals surface area contributed by atoms with E-state index in [0.717, 1.165) is 17.5 Å². The third-order valence-corrected chi connectivity index (χ3v) is 11.3. The van der Waals surface area contributed by atoms with Gasteiger partial charge in [0.25, 0.3) is 5.91 Å². The first-order chi connectivity index (χ1) is 25.4. The molecule has 2 fully saturated rings. The Labute approximate surface area is 320 Å². The number of nitrogens with zero attached hydrogens (tertiary/aromatic N) is 1. The monoisotopic (exact) mass is 754 g/mol. The molecule has 1 aromatic carbocycles. The van der Waals surface area contributed by atoms with Gasteiger partial charge in [-0.2, -0.15) is 0 Å². The number of hydrogen-bond donors (Lipinski definition) is 5. The number of Topliss-reactive ketones (excluding diaryl/α,β-unsaturated/α-hetero) is 1. The molecule has 0 bridgehead atoms. The van der Waals surface area contributed by atoms with Crippen molar-refractivity contribution in [3.8, 4) is 0 Å². The molecule has 1 saturated carbocycles. The highest BCUT2D eigenvalue weighted by atomic mass is 16.5. The molecule has 14 nitrogen and oxygen atoms in total. The SMILES string of the molecule is CCCCC(NC(=O)[C@@H]1[C@@H]2[C@H](CN1C(=O)[C@@H](NC(=O)N[C@H](COC(=O)NC(C)C)C(C)(C)C)C1Cc3ccccc3C1)C2(C)C)C(=O)C(=O)NCCOC. The highest BCUT2D eigenvalue weighted by Crippen LogP contribution is 2.65. The van der Waals surface area contributed by atoms with E-state index >= 15 is 0 Å². The summed E-state index contributed by atoms with van der Waals surface area (Å²) in [6.07, 6.45) is 2.16. The fraction of sp³-hybridized carbons (Fsp3) is 0.700. The van der Waals surface area contributed by atoms with Crippen molar-refractivity contribution in [2.45, 2.75) is 118 Å². The topological polar surface area (TPSA) is 184 Å². The van der Waals surface area contributed by atoms with Crippen molar-refractivity contribution in [2.75, 3.05) is 33.4 Å². The highest BCUT2D eigenvalue weighted by molar-refractivity contribution is 6.38. The zero-order valence-electron chi connectivity index (χ0n) is 33.5. The van der Waals surface area contributed by atoms with E-state index in [1.165, 1.54) is 7.11 Å². The van der Waals surface area contributed by atoms with Gasteiger partial charge in [-0.3, -0.25) is 19.2 Å². The van der Waals surface area contributed by atoms with Crippen molar-refractivity contribution in [3.63, 3.8) is 0 Å². The number of piperidine rings is 1. The van der Waals surface area contributed by atoms with Gasteiger partial charge in [0.1, 0.15) is 18.7 Å². The fourth-order valence-corrected chi connectivity index (χ4v) is 7.93. The average molecular weight is 755 g/mol. The summed E-state index contributed by atoms with van der Waals surface area (Å²) in [5.74, 6) is -2.79. The molecule has 0 spiro atoms. The quantitative estimate of drug-likeness (QED) is 0.119. The first-order valence-corrected chi connectivity index (χ1v) is 19.4. The Morgan fingerprint density at radius 3 is 2.19 bits per heavy atom. The Balaban J connectivity index is 1.58. The van der Waals surface area contributed by atoms with Gasteiger partial charge < -0.3 is 41.0 Å². The van der Waals surface area contributed by atoms with Crippen LogP contribution in [0.15, 0.2) is 24.3 Å². The Kier molecular flexibility index (Phi) is 14.1. The van der Waals surface area contributed by atoms with E-state index in [4.69, 9.17) is 9.47 Å². The van der Waals surface area contributed by atoms with Crippen LogP contribution in [0.3, 0.4) is 0 Å². The maximum Gasteiger partial charge on any atom is 0.407 e. The maximum atomic E-state index is 14.8. The van der Waals surface area contributed by atoms with Crippen molar-refractivity contribution in [3.05, 3.63) is 35.4 Å². The third kappa shape index (κ3) is 10.3. The molecule has 6 amide bonds. The molecule has 5 N–H and O–H groups in total. The minimum Gasteiger partial charge on any atom is -0.447 e. The molecule has 1 heterocycles. The summed E-state index contributed by atoms with van der Waals surface area (Å²) >= 11 is 0. The van der Waals surface area contributed by atoms with Crippen LogP contribution in [0.4, 0.5) is 9.59 Å². The van der Waals surface area contributed by atoms with E-state index in [2.05, 4.69) is 40.4 Å². The lowest BCUT2D eigenvalue weighted by atomic mass is 9.87. The van der Waals surface area contributed by atoms with E-state index < -0.39 is 59.3 Å². The van der Waals surface area contributed by atoms with Crippen LogP contribution in [0.1, 0.15) is 85.8 Å². The molecule has 1 aliphatic heterocycles. The molecule has 1 unspecified atom stereocenters. The largest absolute Gasteiger partial charge is 0.447 e. The zero-order valence-corrected chi connectivity index (χ0v) is 33.5. The Bertz CT molecular complexity index is 1510. The van der Waals surface area contributed by atoms with Crippen LogP contribution >= 0.6 is 0 Å². The number of ketones is 1. The number of rotatable bonds is 17. The summed E-state index contributed by atoms with van der Waals surface area (Å²) < 4.78 is 10.4. The first-order valence-electron chi connectivity index (χ1n) is 19.4. The lowest BCUT2D eigenvalue weighted by molar-refractivity contribution is -0.144. The van der Waals surface area contributed by atoms with Gasteiger partial charge in [0.05, 0.1) is 18.7 Å². The van der Waals surface area contributed by atoms with Crippen molar-refractivity contribution in [1.29, 1.82) is 0 Å². The summed E-state index contributed by atoms with van der Waals surface area (Å²) in [5, 5.41) is 14.0. The van der Waals surface area contributed by atoms with E-state index in [0.29, 0.717) is 25.8 Å². The van der Waals surface area contributed by atoms with Gasteiger partial charge in [-0.1, -0.05) is 78.6 Å². The molecular weight excluding hydrogens is 692 g/mol. The number of urea groups is 1. The number of benzene rings is 1. The minimum atomic E-state index is -1.05. The summed E-state index contributed by atoms with van der Waals surface area (Å²) in [5.41, 5.74) is 1.47. The predicted molar refractivity (Wildman–Crippen MR) is 203 cm³/mol. The number of carbonyl (C=O) groups excluding carboxylic acids is 6. The molecule has 0 aromatic heterocycles. The molecule has 14 heteroatoms. The number of hydrogen-bond acceptors (Lipinski definition) is 8. The van der Waals surface area contributed by atoms with E-state index in [-0.39, 0.29) is 61.3 Å². The molecule has 300 valence electrons. The second-order valence-electron chi connectivity index (χ2n) is 17.1. The molecule has 6 atom stereocenters. The number of methoxy groups -OCH3 is 1. The lowest BCUT2D eigenvalue weighted by Crippen LogP contribution is -2.61. The number of amides is 6. The number of carbonyl (C=O) groups is 6. The van der Waals surface area contributed by atoms with E-state index in [9.17, 15) is 28.8 Å². The van der Waals surface area contributed by atoms with E-state index in [1.807, 2.05) is 65.8 Å². The van der Waals surface area contributed by atoms with Crippen LogP contribution in [-0.4, -0.2) is 104 Å². The number of ether oxygens (including phenoxy) is 2. The van der Waals surface area contributed by atoms with E-state index in [1.54, 1.807) is 4.90 Å². The maximum absolute atomic E-state index is 14.8. The fourth-order valence-electron chi connectivity index (χ4n) is 7.93. The van der Waals surface area contributed by atoms with Gasteiger partial charge in [0.15, 0.2) is 0 Å². The number of fused-ring (bicyclic) bond motifs is 2. The van der Waals surface area contributed by atoms with Gasteiger partial charge in [0.2, 0.25) is 17.6 Å². The standard InChI is InChI=1S/C40H62N6O8/c1-10-11-16-28(33(47)35(49)41-17-18-53-9)43-34(48)32-30-27(40(30,7)8)21-46(32)36(50)31(26-19-24-14-12-13-15-25(24)20-26)45-37(51)44-29(39(4,5)6)22-54-38(52)42-23(2)3/h12-15,23,26-32H,10-11,16-22H2,1-9H3,(H,41,49)(H,42,52)(H,43,48)(H2,44,45,51)/t27-,28?,29+,30-,31-,32-/m0/s1. The summed E-state index contributed by atoms with van der Waals surface area (Å²) in [6.45, 7) is 16.1. The molecule has 1 saturated heterocycles. The van der Waals surface area contributed by atoms with Crippen LogP contribution in [0.2, 0.25) is 0 Å². The normalized spacial score (nSPS) is 21.6. The minimum absolute atomic E-state index is 0.0500. The average Bonchev–Trinajstić information content (AvgIpc) is 3.46. The molecule has 1 aromatic rings. The smallest absolute Gasteiger partial charge is 0.407 e. The van der Waals surface area contributed by atoms with Gasteiger partial charge in [-0.15, -0.1) is 0 Å². The van der Waals surface area contributed by atoms with Crippen molar-refractivity contribution >= 4 is 35.6 Å². The Morgan fingerprint density at radius 1 is 0.963 bits per heavy atom. The van der Waals surface area contributed by atoms with Crippen LogP contribution in [-0.2, 0) is 41.5 Å². The summed E-state index contributed by atoms with van der Waals surface area (Å²) in [6, 6.07) is 3.72. The van der Waals surface area contributed by atoms with Crippen molar-refractivity contribution in [2.24, 2.45) is 28.6 Å². The Hall–Kier alpha value is -4.20. The van der Waals surface area contributed by atoms with Gasteiger partial charge >= 0.3 is 12.1 Å². The molecule has 54 heavy (non-hydrogen) atoms. The van der Waals surface area contributed by atoms with Crippen LogP contribution in [0.5, 0.6) is 0 Å². The molecule has 3 aliphatic rings. The lowest BCUT2D eigenvalue weighted by Gasteiger charge is -2.36. The van der Waals surface area contributed by atoms with Gasteiger partial charge in [-0.05, 0) is 72.8 Å². The summed E-state index contributed by atoms with van der Waals surface area (Å²) in [4.78, 5) is 82.9. The van der Waals surface area contributed by atoms with Crippen molar-refractivity contribution in [1.82, 2.24) is 31.5 Å². The second-order valence-corrected chi connectivity index (χ2v) is 17.1. The third-order valence-electron chi connectivity index (χ3n) is 11.3. The van der Waals surface area contributed by atoms with Crippen LogP contribution in [0, 0.1) is 28.6 Å².